The van der Waals surface area contributed by atoms with Crippen molar-refractivity contribution in [2.24, 2.45) is 0 Å². The van der Waals surface area contributed by atoms with E-state index >= 15 is 0 Å². The van der Waals surface area contributed by atoms with E-state index in [4.69, 9.17) is 9.47 Å². The number of nitrogens with zero attached hydrogens (tertiary/aromatic N) is 2. The Morgan fingerprint density at radius 3 is 2.70 bits per heavy atom. The molecule has 2 aliphatic rings. The Labute approximate surface area is 158 Å². The van der Waals surface area contributed by atoms with E-state index in [1.165, 1.54) is 0 Å². The lowest BCUT2D eigenvalue weighted by Gasteiger charge is -2.24. The highest BCUT2D eigenvalue weighted by Gasteiger charge is 2.50. The molecule has 27 heavy (non-hydrogen) atoms. The van der Waals surface area contributed by atoms with Crippen molar-refractivity contribution in [2.45, 2.75) is 39.2 Å². The van der Waals surface area contributed by atoms with Crippen LogP contribution in [0.1, 0.15) is 39.2 Å². The molecule has 4 amide bonds. The molecule has 2 heterocycles. The SMILES string of the molecule is CCCCN(CC)C(=O)CN1C(=O)N[C@](C)(c2ccc3c(c2)OCO3)C1=O. The van der Waals surface area contributed by atoms with Crippen molar-refractivity contribution in [3.8, 4) is 11.5 Å². The summed E-state index contributed by atoms with van der Waals surface area (Å²) >= 11 is 0. The zero-order valence-corrected chi connectivity index (χ0v) is 15.9. The van der Waals surface area contributed by atoms with Gasteiger partial charge in [0.05, 0.1) is 0 Å². The summed E-state index contributed by atoms with van der Waals surface area (Å²) in [6, 6.07) is 4.54. The van der Waals surface area contributed by atoms with Crippen molar-refractivity contribution in [3.05, 3.63) is 23.8 Å². The zero-order chi connectivity index (χ0) is 19.6. The second kappa shape index (κ2) is 7.46. The summed E-state index contributed by atoms with van der Waals surface area (Å²) < 4.78 is 10.6. The van der Waals surface area contributed by atoms with E-state index in [1.807, 2.05) is 13.8 Å². The van der Waals surface area contributed by atoms with Crippen molar-refractivity contribution >= 4 is 17.8 Å². The monoisotopic (exact) mass is 375 g/mol. The maximum atomic E-state index is 13.0. The van der Waals surface area contributed by atoms with Crippen LogP contribution in [0.5, 0.6) is 11.5 Å². The average molecular weight is 375 g/mol. The molecule has 1 aromatic rings. The van der Waals surface area contributed by atoms with E-state index in [9.17, 15) is 14.4 Å². The molecule has 0 aliphatic carbocycles. The summed E-state index contributed by atoms with van der Waals surface area (Å²) in [5, 5.41) is 2.71. The maximum absolute atomic E-state index is 13.0. The molecule has 1 saturated heterocycles. The van der Waals surface area contributed by atoms with Crippen LogP contribution in [0.3, 0.4) is 0 Å². The van der Waals surface area contributed by atoms with Gasteiger partial charge < -0.3 is 19.7 Å². The maximum Gasteiger partial charge on any atom is 0.325 e. The van der Waals surface area contributed by atoms with Gasteiger partial charge in [-0.2, -0.15) is 0 Å². The molecule has 1 atom stereocenters. The van der Waals surface area contributed by atoms with Gasteiger partial charge in [-0.1, -0.05) is 19.4 Å². The number of hydrogen-bond acceptors (Lipinski definition) is 5. The summed E-state index contributed by atoms with van der Waals surface area (Å²) in [4.78, 5) is 40.6. The van der Waals surface area contributed by atoms with Crippen LogP contribution in [0.15, 0.2) is 18.2 Å². The van der Waals surface area contributed by atoms with Crippen molar-refractivity contribution in [2.75, 3.05) is 26.4 Å². The Morgan fingerprint density at radius 2 is 2.00 bits per heavy atom. The lowest BCUT2D eigenvalue weighted by molar-refractivity contribution is -0.138. The van der Waals surface area contributed by atoms with E-state index in [0.717, 1.165) is 17.7 Å². The predicted octanol–water partition coefficient (Wildman–Crippen LogP) is 1.83. The number of unbranched alkanes of at least 4 members (excludes halogenated alkanes) is 1. The van der Waals surface area contributed by atoms with E-state index in [2.05, 4.69) is 5.32 Å². The normalized spacial score (nSPS) is 20.8. The van der Waals surface area contributed by atoms with E-state index in [1.54, 1.807) is 30.0 Å². The third kappa shape index (κ3) is 3.43. The van der Waals surface area contributed by atoms with Crippen LogP contribution in [-0.4, -0.2) is 54.1 Å². The smallest absolute Gasteiger partial charge is 0.325 e. The average Bonchev–Trinajstić information content (AvgIpc) is 3.20. The molecule has 1 N–H and O–H groups in total. The van der Waals surface area contributed by atoms with Crippen molar-refractivity contribution < 1.29 is 23.9 Å². The molecule has 1 fully saturated rings. The lowest BCUT2D eigenvalue weighted by Crippen LogP contribution is -2.44. The molecule has 0 radical (unpaired) electrons. The first-order valence-corrected chi connectivity index (χ1v) is 9.22. The Balaban J connectivity index is 1.77. The van der Waals surface area contributed by atoms with Gasteiger partial charge in [0.1, 0.15) is 12.1 Å². The first-order chi connectivity index (χ1) is 12.9. The third-order valence-electron chi connectivity index (χ3n) is 5.03. The van der Waals surface area contributed by atoms with Gasteiger partial charge in [-0.3, -0.25) is 14.5 Å². The Morgan fingerprint density at radius 1 is 1.26 bits per heavy atom. The molecule has 8 nitrogen and oxygen atoms in total. The number of carbonyl (C=O) groups is 3. The highest BCUT2D eigenvalue weighted by molar-refractivity contribution is 6.09. The first-order valence-electron chi connectivity index (χ1n) is 9.22. The minimum Gasteiger partial charge on any atom is -0.454 e. The second-order valence-corrected chi connectivity index (χ2v) is 6.84. The number of nitrogens with one attached hydrogen (secondary N) is 1. The molecule has 0 bridgehead atoms. The summed E-state index contributed by atoms with van der Waals surface area (Å²) in [5.41, 5.74) is -0.669. The van der Waals surface area contributed by atoms with Crippen LogP contribution in [-0.2, 0) is 15.1 Å². The van der Waals surface area contributed by atoms with Gasteiger partial charge in [0.2, 0.25) is 12.7 Å². The number of benzene rings is 1. The van der Waals surface area contributed by atoms with Gasteiger partial charge in [-0.15, -0.1) is 0 Å². The molecular formula is C19H25N3O5. The van der Waals surface area contributed by atoms with Gasteiger partial charge in [0.15, 0.2) is 11.5 Å². The minimum atomic E-state index is -1.25. The predicted molar refractivity (Wildman–Crippen MR) is 97.3 cm³/mol. The Bertz CT molecular complexity index is 766. The fraction of sp³-hybridized carbons (Fsp3) is 0.526. The number of imide groups is 1. The summed E-state index contributed by atoms with van der Waals surface area (Å²) in [6.07, 6.45) is 1.85. The van der Waals surface area contributed by atoms with Crippen LogP contribution in [0, 0.1) is 0 Å². The molecule has 0 unspecified atom stereocenters. The molecule has 146 valence electrons. The highest BCUT2D eigenvalue weighted by Crippen LogP contribution is 2.37. The summed E-state index contributed by atoms with van der Waals surface area (Å²) in [6.45, 7) is 6.59. The van der Waals surface area contributed by atoms with Gasteiger partial charge in [0, 0.05) is 13.1 Å². The van der Waals surface area contributed by atoms with E-state index in [0.29, 0.717) is 30.2 Å². The molecule has 0 saturated carbocycles. The van der Waals surface area contributed by atoms with Crippen LogP contribution in [0.25, 0.3) is 0 Å². The van der Waals surface area contributed by atoms with E-state index in [-0.39, 0.29) is 19.2 Å². The highest BCUT2D eigenvalue weighted by atomic mass is 16.7. The molecule has 0 aromatic heterocycles. The quantitative estimate of drug-likeness (QED) is 0.735. The van der Waals surface area contributed by atoms with Crippen molar-refractivity contribution in [3.63, 3.8) is 0 Å². The number of likely N-dealkylation sites (N-methyl/N-ethyl adjacent to an activating group) is 1. The standard InChI is InChI=1S/C19H25N3O5/c1-4-6-9-21(5-2)16(23)11-22-17(24)19(3,20-18(22)25)13-7-8-14-15(10-13)27-12-26-14/h7-8,10H,4-6,9,11-12H2,1-3H3,(H,20,25)/t19-/m1/s1. The molecule has 8 heteroatoms. The van der Waals surface area contributed by atoms with Crippen LogP contribution < -0.4 is 14.8 Å². The zero-order valence-electron chi connectivity index (χ0n) is 15.9. The van der Waals surface area contributed by atoms with Crippen molar-refractivity contribution in [1.29, 1.82) is 0 Å². The second-order valence-electron chi connectivity index (χ2n) is 6.84. The topological polar surface area (TPSA) is 88.2 Å². The largest absolute Gasteiger partial charge is 0.454 e. The number of ether oxygens (including phenoxy) is 2. The van der Waals surface area contributed by atoms with E-state index < -0.39 is 17.5 Å². The number of hydrogen-bond donors (Lipinski definition) is 1. The molecule has 2 aliphatic heterocycles. The molecule has 0 spiro atoms. The first kappa shape index (κ1) is 19.0. The summed E-state index contributed by atoms with van der Waals surface area (Å²) in [5.74, 6) is 0.443. The summed E-state index contributed by atoms with van der Waals surface area (Å²) in [7, 11) is 0. The van der Waals surface area contributed by atoms with Crippen LogP contribution >= 0.6 is 0 Å². The fourth-order valence-corrected chi connectivity index (χ4v) is 3.29. The Kier molecular flexibility index (Phi) is 5.25. The third-order valence-corrected chi connectivity index (χ3v) is 5.03. The number of rotatable bonds is 7. The number of urea groups is 1. The minimum absolute atomic E-state index is 0.126. The number of fused-ring (bicyclic) bond motifs is 1. The van der Waals surface area contributed by atoms with Gasteiger partial charge in [-0.25, -0.2) is 4.79 Å². The van der Waals surface area contributed by atoms with Crippen LogP contribution in [0.2, 0.25) is 0 Å². The number of carbonyl (C=O) groups excluding carboxylic acids is 3. The molecular weight excluding hydrogens is 350 g/mol. The van der Waals surface area contributed by atoms with Gasteiger partial charge in [0.25, 0.3) is 5.91 Å². The number of amides is 4. The van der Waals surface area contributed by atoms with Crippen molar-refractivity contribution in [1.82, 2.24) is 15.1 Å². The van der Waals surface area contributed by atoms with Gasteiger partial charge in [-0.05, 0) is 38.0 Å². The fourth-order valence-electron chi connectivity index (χ4n) is 3.29. The lowest BCUT2D eigenvalue weighted by atomic mass is 9.91. The molecule has 1 aromatic carbocycles. The van der Waals surface area contributed by atoms with Gasteiger partial charge >= 0.3 is 6.03 Å². The molecule has 3 rings (SSSR count). The Hall–Kier alpha value is -2.77. The van der Waals surface area contributed by atoms with Crippen LogP contribution in [0.4, 0.5) is 4.79 Å².